The Balaban J connectivity index is 0.00000243. The predicted molar refractivity (Wildman–Crippen MR) is 115 cm³/mol. The van der Waals surface area contributed by atoms with Gasteiger partial charge in [0.15, 0.2) is 11.8 Å². The number of aromatic nitrogens is 4. The maximum atomic E-state index is 4.78. The molecule has 3 rings (SSSR count). The number of aryl methyl sites for hydroxylation is 2. The van der Waals surface area contributed by atoms with E-state index in [-0.39, 0.29) is 24.0 Å². The lowest BCUT2D eigenvalue weighted by atomic mass is 9.96. The second-order valence-electron chi connectivity index (χ2n) is 6.91. The summed E-state index contributed by atoms with van der Waals surface area (Å²) in [5, 5.41) is 15.4. The molecule has 0 aromatic carbocycles. The Kier molecular flexibility index (Phi) is 7.92. The van der Waals surface area contributed by atoms with E-state index in [2.05, 4.69) is 43.9 Å². The van der Waals surface area contributed by atoms with E-state index >= 15 is 0 Å². The molecule has 2 aromatic heterocycles. The number of hydrogen-bond acceptors (Lipinski definition) is 3. The van der Waals surface area contributed by atoms with Gasteiger partial charge in [-0.2, -0.15) is 0 Å². The molecule has 0 atom stereocenters. The van der Waals surface area contributed by atoms with Crippen molar-refractivity contribution >= 4 is 29.9 Å². The summed E-state index contributed by atoms with van der Waals surface area (Å²) < 4.78 is 4.05. The molecular weight excluding hydrogens is 441 g/mol. The highest BCUT2D eigenvalue weighted by Gasteiger charge is 2.15. The summed E-state index contributed by atoms with van der Waals surface area (Å²) in [6.07, 6.45) is 10.5. The minimum atomic E-state index is 0. The second kappa shape index (κ2) is 9.94. The first-order chi connectivity index (χ1) is 12.1. The molecule has 2 aromatic rings. The summed E-state index contributed by atoms with van der Waals surface area (Å²) in [5.41, 5.74) is 1.21. The maximum absolute atomic E-state index is 4.78. The smallest absolute Gasteiger partial charge is 0.192 e. The standard InChI is InChI=1S/C18H29N7.HI/c1-14-22-23-17(25(14)3)12-20-18(21-16-7-5-4-6-8-16)19-11-15-9-10-24(2)13-15;/h9-10,13,16H,4-8,11-12H2,1-3H3,(H2,19,20,21);1H. The van der Waals surface area contributed by atoms with Crippen LogP contribution in [0.2, 0.25) is 0 Å². The van der Waals surface area contributed by atoms with Crippen LogP contribution in [0.1, 0.15) is 49.3 Å². The molecule has 8 heteroatoms. The summed E-state index contributed by atoms with van der Waals surface area (Å²) in [6, 6.07) is 2.62. The number of rotatable bonds is 5. The van der Waals surface area contributed by atoms with E-state index < -0.39 is 0 Å². The Hall–Kier alpha value is -1.58. The van der Waals surface area contributed by atoms with E-state index in [1.165, 1.54) is 37.7 Å². The highest BCUT2D eigenvalue weighted by atomic mass is 127. The van der Waals surface area contributed by atoms with Crippen molar-refractivity contribution in [3.63, 3.8) is 0 Å². The van der Waals surface area contributed by atoms with Crippen LogP contribution in [0, 0.1) is 6.92 Å². The number of nitrogens with zero attached hydrogens (tertiary/aromatic N) is 5. The highest BCUT2D eigenvalue weighted by Crippen LogP contribution is 2.17. The van der Waals surface area contributed by atoms with E-state index in [0.29, 0.717) is 19.1 Å². The SMILES string of the molecule is Cc1nnc(CNC(=NCc2ccn(C)c2)NC2CCCCC2)n1C.I. The molecule has 0 saturated heterocycles. The third-order valence-electron chi connectivity index (χ3n) is 4.86. The third kappa shape index (κ3) is 5.72. The lowest BCUT2D eigenvalue weighted by Crippen LogP contribution is -2.44. The second-order valence-corrected chi connectivity index (χ2v) is 6.91. The molecule has 1 saturated carbocycles. The fraction of sp³-hybridized carbons (Fsp3) is 0.611. The van der Waals surface area contributed by atoms with Gasteiger partial charge < -0.3 is 19.8 Å². The number of halogens is 1. The van der Waals surface area contributed by atoms with E-state index in [4.69, 9.17) is 4.99 Å². The number of guanidine groups is 1. The van der Waals surface area contributed by atoms with Crippen molar-refractivity contribution < 1.29 is 0 Å². The zero-order chi connectivity index (χ0) is 17.6. The largest absolute Gasteiger partial charge is 0.357 e. The van der Waals surface area contributed by atoms with Crippen molar-refractivity contribution in [1.29, 1.82) is 0 Å². The number of aliphatic imine (C=N–C) groups is 1. The molecule has 2 heterocycles. The lowest BCUT2D eigenvalue weighted by Gasteiger charge is -2.25. The molecule has 2 N–H and O–H groups in total. The fourth-order valence-electron chi connectivity index (χ4n) is 3.19. The third-order valence-corrected chi connectivity index (χ3v) is 4.86. The summed E-state index contributed by atoms with van der Waals surface area (Å²) in [4.78, 5) is 4.78. The van der Waals surface area contributed by atoms with Crippen molar-refractivity contribution in [3.8, 4) is 0 Å². The molecule has 7 nitrogen and oxygen atoms in total. The summed E-state index contributed by atoms with van der Waals surface area (Å²) >= 11 is 0. The predicted octanol–water partition coefficient (Wildman–Crippen LogP) is 2.65. The molecule has 0 aliphatic heterocycles. The number of hydrogen-bond donors (Lipinski definition) is 2. The van der Waals surface area contributed by atoms with Gasteiger partial charge in [-0.1, -0.05) is 19.3 Å². The summed E-state index contributed by atoms with van der Waals surface area (Å²) in [6.45, 7) is 3.24. The molecule has 1 aliphatic rings. The van der Waals surface area contributed by atoms with Crippen LogP contribution in [0.5, 0.6) is 0 Å². The number of nitrogens with one attached hydrogen (secondary N) is 2. The topological polar surface area (TPSA) is 72.1 Å². The van der Waals surface area contributed by atoms with Crippen LogP contribution in [-0.4, -0.2) is 31.3 Å². The first-order valence-electron chi connectivity index (χ1n) is 9.12. The van der Waals surface area contributed by atoms with E-state index in [0.717, 1.165) is 17.6 Å². The fourth-order valence-corrected chi connectivity index (χ4v) is 3.19. The van der Waals surface area contributed by atoms with Crippen molar-refractivity contribution in [3.05, 3.63) is 35.7 Å². The van der Waals surface area contributed by atoms with Crippen LogP contribution in [0.3, 0.4) is 0 Å². The molecule has 144 valence electrons. The van der Waals surface area contributed by atoms with Crippen LogP contribution in [0.4, 0.5) is 0 Å². The van der Waals surface area contributed by atoms with Crippen molar-refractivity contribution in [2.24, 2.45) is 19.1 Å². The average Bonchev–Trinajstić information content (AvgIpc) is 3.18. The first-order valence-corrected chi connectivity index (χ1v) is 9.12. The van der Waals surface area contributed by atoms with E-state index in [1.807, 2.05) is 25.6 Å². The van der Waals surface area contributed by atoms with Crippen LogP contribution in [-0.2, 0) is 27.2 Å². The van der Waals surface area contributed by atoms with Gasteiger partial charge in [-0.3, -0.25) is 0 Å². The zero-order valence-electron chi connectivity index (χ0n) is 15.9. The van der Waals surface area contributed by atoms with E-state index in [1.54, 1.807) is 0 Å². The Labute approximate surface area is 172 Å². The van der Waals surface area contributed by atoms with Gasteiger partial charge in [0.05, 0.1) is 13.1 Å². The highest BCUT2D eigenvalue weighted by molar-refractivity contribution is 14.0. The molecule has 1 fully saturated rings. The molecular formula is C18H30IN7. The Bertz CT molecular complexity index is 713. The molecule has 26 heavy (non-hydrogen) atoms. The van der Waals surface area contributed by atoms with Crippen LogP contribution in [0.15, 0.2) is 23.5 Å². The monoisotopic (exact) mass is 471 g/mol. The molecule has 1 aliphatic carbocycles. The van der Waals surface area contributed by atoms with Gasteiger partial charge in [0.2, 0.25) is 0 Å². The average molecular weight is 471 g/mol. The van der Waals surface area contributed by atoms with Gasteiger partial charge in [0.25, 0.3) is 0 Å². The van der Waals surface area contributed by atoms with Gasteiger partial charge >= 0.3 is 0 Å². The van der Waals surface area contributed by atoms with Gasteiger partial charge in [-0.15, -0.1) is 34.2 Å². The molecule has 0 amide bonds. The summed E-state index contributed by atoms with van der Waals surface area (Å²) in [5.74, 6) is 2.69. The summed E-state index contributed by atoms with van der Waals surface area (Å²) in [7, 11) is 4.02. The van der Waals surface area contributed by atoms with Crippen molar-refractivity contribution in [1.82, 2.24) is 30.0 Å². The van der Waals surface area contributed by atoms with Crippen LogP contribution < -0.4 is 10.6 Å². The van der Waals surface area contributed by atoms with Gasteiger partial charge in [0, 0.05) is 32.5 Å². The molecule has 0 unspecified atom stereocenters. The Morgan fingerprint density at radius 2 is 2.00 bits per heavy atom. The molecule has 0 bridgehead atoms. The molecule has 0 radical (unpaired) electrons. The quantitative estimate of drug-likeness (QED) is 0.400. The maximum Gasteiger partial charge on any atom is 0.192 e. The van der Waals surface area contributed by atoms with Gasteiger partial charge in [-0.25, -0.2) is 4.99 Å². The van der Waals surface area contributed by atoms with Crippen molar-refractivity contribution in [2.45, 2.75) is 58.2 Å². The van der Waals surface area contributed by atoms with Gasteiger partial charge in [-0.05, 0) is 31.4 Å². The van der Waals surface area contributed by atoms with Crippen LogP contribution in [0.25, 0.3) is 0 Å². The molecule has 0 spiro atoms. The lowest BCUT2D eigenvalue weighted by molar-refractivity contribution is 0.409. The Morgan fingerprint density at radius 1 is 1.23 bits per heavy atom. The first kappa shape index (κ1) is 20.7. The van der Waals surface area contributed by atoms with Crippen molar-refractivity contribution in [2.75, 3.05) is 0 Å². The zero-order valence-corrected chi connectivity index (χ0v) is 18.2. The minimum absolute atomic E-state index is 0. The Morgan fingerprint density at radius 3 is 2.62 bits per heavy atom. The van der Waals surface area contributed by atoms with Gasteiger partial charge in [0.1, 0.15) is 5.82 Å². The normalized spacial score (nSPS) is 15.6. The van der Waals surface area contributed by atoms with E-state index in [9.17, 15) is 0 Å². The minimum Gasteiger partial charge on any atom is -0.357 e. The van der Waals surface area contributed by atoms with Crippen LogP contribution >= 0.6 is 24.0 Å².